The monoisotopic (exact) mass is 387 g/mol. The van der Waals surface area contributed by atoms with E-state index in [1.54, 1.807) is 18.4 Å². The molecular formula is C19H21N3O2S2. The highest BCUT2D eigenvalue weighted by molar-refractivity contribution is 8.00. The number of nitrogens with one attached hydrogen (secondary N) is 1. The Labute approximate surface area is 161 Å². The van der Waals surface area contributed by atoms with E-state index in [0.717, 1.165) is 32.5 Å². The van der Waals surface area contributed by atoms with Crippen LogP contribution < -0.4 is 10.1 Å². The van der Waals surface area contributed by atoms with Gasteiger partial charge in [-0.15, -0.1) is 11.3 Å². The van der Waals surface area contributed by atoms with Gasteiger partial charge in [-0.1, -0.05) is 11.8 Å². The number of thioether (sulfide) groups is 1. The number of carbonyl (C=O) groups is 1. The van der Waals surface area contributed by atoms with Crippen molar-refractivity contribution in [2.45, 2.75) is 38.0 Å². The summed E-state index contributed by atoms with van der Waals surface area (Å²) in [6, 6.07) is 7.30. The fourth-order valence-corrected chi connectivity index (χ4v) is 4.73. The Morgan fingerprint density at radius 2 is 1.88 bits per heavy atom. The fraction of sp³-hybridized carbons (Fsp3) is 0.316. The molecule has 0 saturated heterocycles. The molecule has 26 heavy (non-hydrogen) atoms. The number of aryl methyl sites for hydroxylation is 3. The Morgan fingerprint density at radius 1 is 1.19 bits per heavy atom. The Kier molecular flexibility index (Phi) is 5.48. The lowest BCUT2D eigenvalue weighted by atomic mass is 10.2. The van der Waals surface area contributed by atoms with Crippen LogP contribution in [-0.2, 0) is 4.79 Å². The number of anilines is 1. The van der Waals surface area contributed by atoms with Crippen LogP contribution in [0.1, 0.15) is 23.2 Å². The van der Waals surface area contributed by atoms with Crippen LogP contribution in [0.3, 0.4) is 0 Å². The minimum atomic E-state index is -0.283. The van der Waals surface area contributed by atoms with Crippen LogP contribution in [0.15, 0.2) is 29.3 Å². The van der Waals surface area contributed by atoms with Crippen LogP contribution >= 0.6 is 23.1 Å². The van der Waals surface area contributed by atoms with Gasteiger partial charge >= 0.3 is 0 Å². The summed E-state index contributed by atoms with van der Waals surface area (Å²) in [5.74, 6) is 1.42. The third-order valence-electron chi connectivity index (χ3n) is 4.12. The molecule has 1 N–H and O–H groups in total. The van der Waals surface area contributed by atoms with Crippen LogP contribution in [0, 0.1) is 20.8 Å². The summed E-state index contributed by atoms with van der Waals surface area (Å²) in [6.07, 6.45) is 0. The molecule has 1 aromatic carbocycles. The van der Waals surface area contributed by atoms with Crippen molar-refractivity contribution in [1.82, 2.24) is 9.97 Å². The lowest BCUT2D eigenvalue weighted by molar-refractivity contribution is -0.115. The Hall–Kier alpha value is -2.12. The SMILES string of the molecule is COc1ccc(NC(=O)[C@@H](C)Sc2nc(C)nc3sc(C)c(C)c23)cc1. The maximum atomic E-state index is 12.6. The number of hydrogen-bond donors (Lipinski definition) is 1. The van der Waals surface area contributed by atoms with E-state index in [4.69, 9.17) is 4.74 Å². The molecule has 2 aromatic heterocycles. The standard InChI is InChI=1S/C19H21N3O2S2/c1-10-11(2)25-18-16(10)19(21-13(4)20-18)26-12(3)17(23)22-14-6-8-15(24-5)9-7-14/h6-9,12H,1-5H3,(H,22,23)/t12-/m1/s1. The second kappa shape index (κ2) is 7.63. The molecule has 0 spiro atoms. The van der Waals surface area contributed by atoms with Gasteiger partial charge in [-0.25, -0.2) is 9.97 Å². The zero-order valence-electron chi connectivity index (χ0n) is 15.4. The van der Waals surface area contributed by atoms with E-state index < -0.39 is 0 Å². The number of amides is 1. The second-order valence-corrected chi connectivity index (χ2v) is 8.55. The summed E-state index contributed by atoms with van der Waals surface area (Å²) in [5, 5.41) is 4.59. The molecule has 1 atom stereocenters. The largest absolute Gasteiger partial charge is 0.497 e. The highest BCUT2D eigenvalue weighted by atomic mass is 32.2. The third kappa shape index (κ3) is 3.83. The first-order valence-electron chi connectivity index (χ1n) is 8.25. The van der Waals surface area contributed by atoms with Crippen molar-refractivity contribution in [3.8, 4) is 5.75 Å². The number of fused-ring (bicyclic) bond motifs is 1. The molecule has 1 amide bonds. The van der Waals surface area contributed by atoms with Crippen LogP contribution in [0.5, 0.6) is 5.75 Å². The van der Waals surface area contributed by atoms with Crippen LogP contribution in [0.2, 0.25) is 0 Å². The Bertz CT molecular complexity index is 952. The summed E-state index contributed by atoms with van der Waals surface area (Å²) in [6.45, 7) is 7.95. The van der Waals surface area contributed by atoms with E-state index in [-0.39, 0.29) is 11.2 Å². The van der Waals surface area contributed by atoms with Gasteiger partial charge in [0.2, 0.25) is 5.91 Å². The minimum absolute atomic E-state index is 0.0609. The summed E-state index contributed by atoms with van der Waals surface area (Å²) in [5.41, 5.74) is 1.94. The molecule has 0 aliphatic heterocycles. The van der Waals surface area contributed by atoms with Crippen molar-refractivity contribution in [3.63, 3.8) is 0 Å². The first kappa shape index (κ1) is 18.7. The molecule has 2 heterocycles. The van der Waals surface area contributed by atoms with Gasteiger partial charge in [0.1, 0.15) is 21.4 Å². The predicted octanol–water partition coefficient (Wildman–Crippen LogP) is 4.74. The van der Waals surface area contributed by atoms with Crippen molar-refractivity contribution < 1.29 is 9.53 Å². The summed E-state index contributed by atoms with van der Waals surface area (Å²) >= 11 is 3.14. The van der Waals surface area contributed by atoms with E-state index in [1.807, 2.05) is 38.1 Å². The first-order chi connectivity index (χ1) is 12.4. The normalized spacial score (nSPS) is 12.2. The molecule has 3 aromatic rings. The average Bonchev–Trinajstić information content (AvgIpc) is 2.89. The second-order valence-electron chi connectivity index (χ2n) is 6.02. The molecule has 0 aliphatic carbocycles. The predicted molar refractivity (Wildman–Crippen MR) is 109 cm³/mol. The maximum absolute atomic E-state index is 12.6. The van der Waals surface area contributed by atoms with Crippen molar-refractivity contribution in [3.05, 3.63) is 40.5 Å². The number of carbonyl (C=O) groups excluding carboxylic acids is 1. The molecular weight excluding hydrogens is 366 g/mol. The molecule has 3 rings (SSSR count). The molecule has 136 valence electrons. The molecule has 7 heteroatoms. The number of ether oxygens (including phenoxy) is 1. The molecule has 5 nitrogen and oxygen atoms in total. The third-order valence-corrected chi connectivity index (χ3v) is 6.31. The van der Waals surface area contributed by atoms with Gasteiger partial charge in [-0.3, -0.25) is 4.79 Å². The topological polar surface area (TPSA) is 64.1 Å². The lowest BCUT2D eigenvalue weighted by Gasteiger charge is -2.13. The smallest absolute Gasteiger partial charge is 0.237 e. The number of rotatable bonds is 5. The van der Waals surface area contributed by atoms with Crippen LogP contribution in [-0.4, -0.2) is 28.2 Å². The number of nitrogens with zero attached hydrogens (tertiary/aromatic N) is 2. The highest BCUT2D eigenvalue weighted by Crippen LogP contribution is 2.36. The van der Waals surface area contributed by atoms with Crippen LogP contribution in [0.4, 0.5) is 5.69 Å². The number of thiophene rings is 1. The van der Waals surface area contributed by atoms with Gasteiger partial charge in [-0.05, 0) is 57.5 Å². The van der Waals surface area contributed by atoms with E-state index in [9.17, 15) is 4.79 Å². The Balaban J connectivity index is 1.79. The van der Waals surface area contributed by atoms with Gasteiger partial charge < -0.3 is 10.1 Å². The van der Waals surface area contributed by atoms with Gasteiger partial charge in [0.25, 0.3) is 0 Å². The van der Waals surface area contributed by atoms with E-state index >= 15 is 0 Å². The zero-order chi connectivity index (χ0) is 18.8. The average molecular weight is 388 g/mol. The number of aromatic nitrogens is 2. The molecule has 0 unspecified atom stereocenters. The van der Waals surface area contributed by atoms with Gasteiger partial charge in [0.05, 0.1) is 12.4 Å². The molecule has 0 aliphatic rings. The number of benzene rings is 1. The Morgan fingerprint density at radius 3 is 2.54 bits per heavy atom. The molecule has 0 bridgehead atoms. The van der Waals surface area contributed by atoms with E-state index in [1.165, 1.54) is 22.2 Å². The minimum Gasteiger partial charge on any atom is -0.497 e. The van der Waals surface area contributed by atoms with Crippen LogP contribution in [0.25, 0.3) is 10.2 Å². The number of methoxy groups -OCH3 is 1. The van der Waals surface area contributed by atoms with Crippen molar-refractivity contribution in [2.75, 3.05) is 12.4 Å². The zero-order valence-corrected chi connectivity index (χ0v) is 17.0. The van der Waals surface area contributed by atoms with E-state index in [2.05, 4.69) is 29.1 Å². The maximum Gasteiger partial charge on any atom is 0.237 e. The van der Waals surface area contributed by atoms with E-state index in [0.29, 0.717) is 0 Å². The molecule has 0 fully saturated rings. The highest BCUT2D eigenvalue weighted by Gasteiger charge is 2.20. The first-order valence-corrected chi connectivity index (χ1v) is 9.94. The fourth-order valence-electron chi connectivity index (χ4n) is 2.54. The summed E-state index contributed by atoms with van der Waals surface area (Å²) < 4.78 is 5.14. The van der Waals surface area contributed by atoms with Crippen molar-refractivity contribution in [2.24, 2.45) is 0 Å². The summed E-state index contributed by atoms with van der Waals surface area (Å²) in [7, 11) is 1.62. The lowest BCUT2D eigenvalue weighted by Crippen LogP contribution is -2.22. The van der Waals surface area contributed by atoms with Gasteiger partial charge in [0, 0.05) is 16.0 Å². The van der Waals surface area contributed by atoms with Crippen molar-refractivity contribution >= 4 is 44.9 Å². The molecule has 0 radical (unpaired) electrons. The van der Waals surface area contributed by atoms with Gasteiger partial charge in [0.15, 0.2) is 0 Å². The molecule has 0 saturated carbocycles. The van der Waals surface area contributed by atoms with Crippen molar-refractivity contribution in [1.29, 1.82) is 0 Å². The quantitative estimate of drug-likeness (QED) is 0.506. The van der Waals surface area contributed by atoms with Gasteiger partial charge in [-0.2, -0.15) is 0 Å². The number of hydrogen-bond acceptors (Lipinski definition) is 6. The summed E-state index contributed by atoms with van der Waals surface area (Å²) in [4.78, 5) is 23.9.